The number of nitro benzene ring substituents is 1. The van der Waals surface area contributed by atoms with Crippen molar-refractivity contribution in [2.45, 2.75) is 16.5 Å². The first-order chi connectivity index (χ1) is 16.0. The predicted molar refractivity (Wildman–Crippen MR) is 119 cm³/mol. The highest BCUT2D eigenvalue weighted by molar-refractivity contribution is 7.93. The highest BCUT2D eigenvalue weighted by Crippen LogP contribution is 2.51. The molecule has 0 fully saturated rings. The van der Waals surface area contributed by atoms with Crippen LogP contribution in [0.3, 0.4) is 0 Å². The van der Waals surface area contributed by atoms with Crippen molar-refractivity contribution >= 4 is 39.0 Å². The second-order valence-electron chi connectivity index (χ2n) is 7.39. The number of benzene rings is 3. The fraction of sp³-hybridized carbons (Fsp3) is 0.136. The number of carbonyl (C=O) groups excluding carboxylic acids is 1. The molecule has 176 valence electrons. The van der Waals surface area contributed by atoms with E-state index in [1.54, 1.807) is 0 Å². The van der Waals surface area contributed by atoms with Crippen molar-refractivity contribution in [3.05, 3.63) is 98.8 Å². The van der Waals surface area contributed by atoms with Crippen LogP contribution in [0.5, 0.6) is 0 Å². The third-order valence-electron chi connectivity index (χ3n) is 5.55. The van der Waals surface area contributed by atoms with Crippen LogP contribution in [0.25, 0.3) is 0 Å². The SMILES string of the molecule is COC(=O)C1N(S(=O)(=O)c2ccc([N+](=O)[O-])cc2)c2ccc(Cl)cc2C1(O)c1ccccc1F. The van der Waals surface area contributed by atoms with E-state index in [1.807, 2.05) is 0 Å². The Labute approximate surface area is 198 Å². The molecule has 0 saturated carbocycles. The third-order valence-corrected chi connectivity index (χ3v) is 7.58. The molecule has 0 bridgehead atoms. The van der Waals surface area contributed by atoms with Crippen molar-refractivity contribution in [2.24, 2.45) is 0 Å². The average Bonchev–Trinajstić information content (AvgIpc) is 3.08. The molecule has 2 atom stereocenters. The molecule has 12 heteroatoms. The third kappa shape index (κ3) is 3.49. The van der Waals surface area contributed by atoms with Gasteiger partial charge in [0.05, 0.1) is 22.6 Å². The van der Waals surface area contributed by atoms with E-state index in [9.17, 15) is 32.8 Å². The zero-order valence-electron chi connectivity index (χ0n) is 17.4. The lowest BCUT2D eigenvalue weighted by atomic mass is 9.82. The van der Waals surface area contributed by atoms with Crippen LogP contribution in [0.2, 0.25) is 5.02 Å². The largest absolute Gasteiger partial charge is 0.467 e. The molecule has 3 aromatic carbocycles. The first-order valence-corrected chi connectivity index (χ1v) is 11.5. The van der Waals surface area contributed by atoms with Gasteiger partial charge in [0.2, 0.25) is 0 Å². The van der Waals surface area contributed by atoms with Crippen molar-refractivity contribution < 1.29 is 32.4 Å². The minimum absolute atomic E-state index is 0.103. The maximum atomic E-state index is 14.9. The van der Waals surface area contributed by atoms with Crippen LogP contribution in [-0.4, -0.2) is 37.6 Å². The standard InChI is InChI=1S/C22H16ClFN2O7S/c1-33-21(27)20-22(28,16-4-2-3-5-18(16)24)17-12-13(23)6-11-19(17)25(20)34(31,32)15-9-7-14(8-10-15)26(29)30/h2-12,20,28H,1H3. The fourth-order valence-electron chi connectivity index (χ4n) is 4.02. The first kappa shape index (κ1) is 23.6. The molecule has 0 saturated heterocycles. The zero-order valence-corrected chi connectivity index (χ0v) is 19.0. The van der Waals surface area contributed by atoms with E-state index >= 15 is 0 Å². The molecule has 0 spiro atoms. The monoisotopic (exact) mass is 506 g/mol. The Morgan fingerprint density at radius 3 is 2.38 bits per heavy atom. The number of fused-ring (bicyclic) bond motifs is 1. The van der Waals surface area contributed by atoms with E-state index in [1.165, 1.54) is 36.4 Å². The van der Waals surface area contributed by atoms with Gasteiger partial charge in [0, 0.05) is 28.3 Å². The van der Waals surface area contributed by atoms with E-state index < -0.39 is 43.3 Å². The second-order valence-corrected chi connectivity index (χ2v) is 9.64. The average molecular weight is 507 g/mol. The molecule has 34 heavy (non-hydrogen) atoms. The number of ether oxygens (including phenoxy) is 1. The number of non-ortho nitro benzene ring substituents is 1. The molecule has 1 aliphatic rings. The van der Waals surface area contributed by atoms with Gasteiger partial charge in [-0.15, -0.1) is 0 Å². The number of aliphatic hydroxyl groups is 1. The van der Waals surface area contributed by atoms with Crippen molar-refractivity contribution in [2.75, 3.05) is 11.4 Å². The lowest BCUT2D eigenvalue weighted by molar-refractivity contribution is -0.384. The van der Waals surface area contributed by atoms with Crippen molar-refractivity contribution in [1.29, 1.82) is 0 Å². The number of carbonyl (C=O) groups is 1. The molecule has 9 nitrogen and oxygen atoms in total. The summed E-state index contributed by atoms with van der Waals surface area (Å²) in [5.41, 5.74) is -3.49. The summed E-state index contributed by atoms with van der Waals surface area (Å²) in [4.78, 5) is 22.8. The van der Waals surface area contributed by atoms with Gasteiger partial charge >= 0.3 is 5.97 Å². The van der Waals surface area contributed by atoms with Crippen molar-refractivity contribution in [3.8, 4) is 0 Å². The number of hydrogen-bond acceptors (Lipinski definition) is 7. The zero-order chi connectivity index (χ0) is 24.8. The minimum atomic E-state index is -4.62. The normalized spacial score (nSPS) is 19.5. The van der Waals surface area contributed by atoms with Gasteiger partial charge < -0.3 is 9.84 Å². The molecule has 0 radical (unpaired) electrons. The topological polar surface area (TPSA) is 127 Å². The summed E-state index contributed by atoms with van der Waals surface area (Å²) in [6, 6.07) is 10.9. The Morgan fingerprint density at radius 1 is 1.15 bits per heavy atom. The lowest BCUT2D eigenvalue weighted by Crippen LogP contribution is -2.53. The molecule has 3 aromatic rings. The van der Waals surface area contributed by atoms with Crippen molar-refractivity contribution in [3.63, 3.8) is 0 Å². The number of sulfonamides is 1. The Hall–Kier alpha value is -3.54. The molecule has 0 aromatic heterocycles. The van der Waals surface area contributed by atoms with Crippen LogP contribution < -0.4 is 4.31 Å². The quantitative estimate of drug-likeness (QED) is 0.319. The number of esters is 1. The number of anilines is 1. The molecule has 1 N–H and O–H groups in total. The molecular formula is C22H16ClFN2O7S. The van der Waals surface area contributed by atoms with Gasteiger partial charge in [-0.2, -0.15) is 0 Å². The summed E-state index contributed by atoms with van der Waals surface area (Å²) in [6.45, 7) is 0. The maximum Gasteiger partial charge on any atom is 0.333 e. The van der Waals surface area contributed by atoms with E-state index in [2.05, 4.69) is 0 Å². The number of methoxy groups -OCH3 is 1. The smallest absolute Gasteiger partial charge is 0.333 e. The van der Waals surface area contributed by atoms with Crippen LogP contribution in [0.1, 0.15) is 11.1 Å². The van der Waals surface area contributed by atoms with E-state index in [4.69, 9.17) is 16.3 Å². The van der Waals surface area contributed by atoms with Gasteiger partial charge in [-0.3, -0.25) is 10.1 Å². The predicted octanol–water partition coefficient (Wildman–Crippen LogP) is 3.37. The van der Waals surface area contributed by atoms with Crippen LogP contribution in [0.15, 0.2) is 71.6 Å². The van der Waals surface area contributed by atoms with Gasteiger partial charge in [0.1, 0.15) is 5.82 Å². The van der Waals surface area contributed by atoms with Gasteiger partial charge in [0.25, 0.3) is 15.7 Å². The van der Waals surface area contributed by atoms with Crippen LogP contribution in [0, 0.1) is 15.9 Å². The molecule has 2 unspecified atom stereocenters. The first-order valence-electron chi connectivity index (χ1n) is 9.67. The fourth-order valence-corrected chi connectivity index (χ4v) is 5.84. The lowest BCUT2D eigenvalue weighted by Gasteiger charge is -2.33. The van der Waals surface area contributed by atoms with Gasteiger partial charge in [0.15, 0.2) is 11.6 Å². The number of nitrogens with zero attached hydrogens (tertiary/aromatic N) is 2. The van der Waals surface area contributed by atoms with Crippen molar-refractivity contribution in [1.82, 2.24) is 0 Å². The highest BCUT2D eigenvalue weighted by atomic mass is 35.5. The van der Waals surface area contributed by atoms with Gasteiger partial charge in [-0.05, 0) is 36.4 Å². The van der Waals surface area contributed by atoms with Gasteiger partial charge in [-0.1, -0.05) is 29.8 Å². The molecule has 0 amide bonds. The molecule has 1 heterocycles. The summed E-state index contributed by atoms with van der Waals surface area (Å²) in [6.07, 6.45) is 0. The van der Waals surface area contributed by atoms with Crippen LogP contribution in [0.4, 0.5) is 15.8 Å². The molecule has 0 aliphatic carbocycles. The minimum Gasteiger partial charge on any atom is -0.467 e. The van der Waals surface area contributed by atoms with E-state index in [0.29, 0.717) is 4.31 Å². The Bertz CT molecular complexity index is 1420. The van der Waals surface area contributed by atoms with Crippen LogP contribution in [-0.2, 0) is 25.2 Å². The maximum absolute atomic E-state index is 14.9. The number of rotatable bonds is 5. The summed E-state index contributed by atoms with van der Waals surface area (Å²) in [7, 11) is -3.62. The van der Waals surface area contributed by atoms with Crippen LogP contribution >= 0.6 is 11.6 Å². The Morgan fingerprint density at radius 2 is 1.79 bits per heavy atom. The molecule has 4 rings (SSSR count). The highest BCUT2D eigenvalue weighted by Gasteiger charge is 2.60. The van der Waals surface area contributed by atoms with E-state index in [0.717, 1.165) is 37.4 Å². The second kappa shape index (κ2) is 8.35. The Kier molecular flexibility index (Phi) is 5.80. The summed E-state index contributed by atoms with van der Waals surface area (Å²) in [5.74, 6) is -2.05. The Balaban J connectivity index is 2.02. The summed E-state index contributed by atoms with van der Waals surface area (Å²) in [5, 5.41) is 23.0. The molecule has 1 aliphatic heterocycles. The number of halogens is 2. The summed E-state index contributed by atoms with van der Waals surface area (Å²) < 4.78 is 47.8. The van der Waals surface area contributed by atoms with Gasteiger partial charge in [-0.25, -0.2) is 21.9 Å². The number of nitro groups is 1. The number of hydrogen-bond donors (Lipinski definition) is 1. The van der Waals surface area contributed by atoms with E-state index in [-0.39, 0.29) is 27.5 Å². The summed E-state index contributed by atoms with van der Waals surface area (Å²) >= 11 is 6.11. The molecular weight excluding hydrogens is 491 g/mol.